The van der Waals surface area contributed by atoms with Crippen molar-refractivity contribution >= 4 is 16.7 Å². The molecule has 114 valence electrons. The smallest absolute Gasteiger partial charge is 0.226 e. The molecule has 1 saturated heterocycles. The Kier molecular flexibility index (Phi) is 3.38. The van der Waals surface area contributed by atoms with Gasteiger partial charge in [-0.1, -0.05) is 42.5 Å². The second-order valence-corrected chi connectivity index (χ2v) is 6.61. The molecule has 2 aromatic rings. The molecule has 2 aromatic carbocycles. The van der Waals surface area contributed by atoms with E-state index in [2.05, 4.69) is 47.8 Å². The van der Waals surface area contributed by atoms with Crippen LogP contribution in [0, 0.1) is 5.92 Å². The highest BCUT2D eigenvalue weighted by atomic mass is 16.2. The van der Waals surface area contributed by atoms with Gasteiger partial charge in [0.2, 0.25) is 5.91 Å². The highest BCUT2D eigenvalue weighted by Gasteiger charge is 2.46. The molecule has 0 bridgehead atoms. The van der Waals surface area contributed by atoms with Crippen molar-refractivity contribution in [2.75, 3.05) is 20.1 Å². The van der Waals surface area contributed by atoms with Gasteiger partial charge in [0.1, 0.15) is 0 Å². The van der Waals surface area contributed by atoms with Crippen LogP contribution in [0.3, 0.4) is 0 Å². The van der Waals surface area contributed by atoms with Crippen molar-refractivity contribution in [2.24, 2.45) is 5.92 Å². The van der Waals surface area contributed by atoms with Gasteiger partial charge in [0, 0.05) is 25.6 Å². The van der Waals surface area contributed by atoms with E-state index in [9.17, 15) is 4.79 Å². The predicted octanol–water partition coefficient (Wildman–Crippen LogP) is 2.76. The summed E-state index contributed by atoms with van der Waals surface area (Å²) in [5, 5.41) is 5.91. The number of carbonyl (C=O) groups is 1. The normalized spacial score (nSPS) is 27.0. The summed E-state index contributed by atoms with van der Waals surface area (Å²) in [4.78, 5) is 14.7. The van der Waals surface area contributed by atoms with Gasteiger partial charge in [-0.25, -0.2) is 0 Å². The van der Waals surface area contributed by atoms with Gasteiger partial charge in [0.15, 0.2) is 0 Å². The summed E-state index contributed by atoms with van der Waals surface area (Å²) in [6.45, 7) is 1.97. The van der Waals surface area contributed by atoms with Crippen LogP contribution in [0.25, 0.3) is 10.8 Å². The van der Waals surface area contributed by atoms with Crippen LogP contribution in [0.5, 0.6) is 0 Å². The fourth-order valence-corrected chi connectivity index (χ4v) is 3.80. The number of nitrogens with zero attached hydrogens (tertiary/aromatic N) is 1. The fraction of sp³-hybridized carbons (Fsp3) is 0.421. The molecule has 2 aliphatic rings. The Morgan fingerprint density at radius 1 is 1.18 bits per heavy atom. The van der Waals surface area contributed by atoms with Gasteiger partial charge in [-0.05, 0) is 41.6 Å². The van der Waals surface area contributed by atoms with Gasteiger partial charge in [0.05, 0.1) is 0 Å². The third kappa shape index (κ3) is 2.30. The Bertz CT molecular complexity index is 700. The molecule has 4 rings (SSSR count). The van der Waals surface area contributed by atoms with Gasteiger partial charge in [-0.15, -0.1) is 0 Å². The van der Waals surface area contributed by atoms with Gasteiger partial charge in [0.25, 0.3) is 0 Å². The summed E-state index contributed by atoms with van der Waals surface area (Å²) < 4.78 is 0. The van der Waals surface area contributed by atoms with Crippen LogP contribution in [0.1, 0.15) is 24.3 Å². The average Bonchev–Trinajstić information content (AvgIpc) is 3.16. The van der Waals surface area contributed by atoms with Gasteiger partial charge in [-0.2, -0.15) is 0 Å². The second-order valence-electron chi connectivity index (χ2n) is 6.61. The van der Waals surface area contributed by atoms with Crippen LogP contribution in [0.4, 0.5) is 0 Å². The molecule has 0 radical (unpaired) electrons. The molecule has 1 aliphatic carbocycles. The van der Waals surface area contributed by atoms with E-state index in [4.69, 9.17) is 0 Å². The Balaban J connectivity index is 1.54. The van der Waals surface area contributed by atoms with E-state index in [-0.39, 0.29) is 5.92 Å². The monoisotopic (exact) mass is 294 g/mol. The number of amides is 1. The third-order valence-electron chi connectivity index (χ3n) is 5.26. The second kappa shape index (κ2) is 5.40. The molecule has 0 aromatic heterocycles. The molecule has 1 aliphatic heterocycles. The van der Waals surface area contributed by atoms with Crippen LogP contribution in [0.15, 0.2) is 42.5 Å². The molecule has 3 unspecified atom stereocenters. The van der Waals surface area contributed by atoms with E-state index in [0.29, 0.717) is 17.9 Å². The maximum atomic E-state index is 12.7. The first-order valence-corrected chi connectivity index (χ1v) is 8.21. The van der Waals surface area contributed by atoms with E-state index >= 15 is 0 Å². The van der Waals surface area contributed by atoms with E-state index < -0.39 is 0 Å². The van der Waals surface area contributed by atoms with Crippen LogP contribution in [0.2, 0.25) is 0 Å². The minimum absolute atomic E-state index is 0.177. The molecule has 0 spiro atoms. The lowest BCUT2D eigenvalue weighted by atomic mass is 10.00. The molecule has 1 N–H and O–H groups in total. The zero-order chi connectivity index (χ0) is 15.1. The summed E-state index contributed by atoms with van der Waals surface area (Å²) in [6.07, 6.45) is 2.07. The lowest BCUT2D eigenvalue weighted by Crippen LogP contribution is -2.39. The van der Waals surface area contributed by atoms with Crippen molar-refractivity contribution in [3.8, 4) is 0 Å². The van der Waals surface area contributed by atoms with Gasteiger partial charge < -0.3 is 10.2 Å². The van der Waals surface area contributed by atoms with Crippen molar-refractivity contribution < 1.29 is 4.79 Å². The molecule has 1 saturated carbocycles. The topological polar surface area (TPSA) is 32.3 Å². The highest BCUT2D eigenvalue weighted by molar-refractivity contribution is 5.89. The Morgan fingerprint density at radius 3 is 2.82 bits per heavy atom. The molecule has 1 amide bonds. The predicted molar refractivity (Wildman–Crippen MR) is 88.8 cm³/mol. The zero-order valence-electron chi connectivity index (χ0n) is 13.0. The molecule has 3 heteroatoms. The van der Waals surface area contributed by atoms with Crippen LogP contribution in [-0.2, 0) is 4.79 Å². The Labute approximate surface area is 131 Å². The van der Waals surface area contributed by atoms with E-state index in [1.807, 2.05) is 11.9 Å². The minimum Gasteiger partial charge on any atom is -0.341 e. The van der Waals surface area contributed by atoms with E-state index in [1.165, 1.54) is 16.3 Å². The van der Waals surface area contributed by atoms with Crippen LogP contribution < -0.4 is 5.32 Å². The number of fused-ring (bicyclic) bond motifs is 1. The maximum absolute atomic E-state index is 12.7. The first-order chi connectivity index (χ1) is 10.8. The molecule has 2 fully saturated rings. The summed E-state index contributed by atoms with van der Waals surface area (Å²) >= 11 is 0. The van der Waals surface area contributed by atoms with Crippen molar-refractivity contribution in [1.82, 2.24) is 10.2 Å². The molecular formula is C19H22N2O. The largest absolute Gasteiger partial charge is 0.341 e. The van der Waals surface area contributed by atoms with E-state index in [1.54, 1.807) is 0 Å². The molecule has 22 heavy (non-hydrogen) atoms. The number of benzene rings is 2. The summed E-state index contributed by atoms with van der Waals surface area (Å²) in [6, 6.07) is 15.3. The van der Waals surface area contributed by atoms with Gasteiger partial charge in [-0.3, -0.25) is 4.79 Å². The first-order valence-electron chi connectivity index (χ1n) is 8.21. The number of hydrogen-bond acceptors (Lipinski definition) is 2. The maximum Gasteiger partial charge on any atom is 0.226 e. The summed E-state index contributed by atoms with van der Waals surface area (Å²) in [5.74, 6) is 0.901. The zero-order valence-corrected chi connectivity index (χ0v) is 13.0. The SMILES string of the molecule is CN(C(=O)C1CC1c1cccc2ccccc12)C1CCNC1. The fourth-order valence-electron chi connectivity index (χ4n) is 3.80. The van der Waals surface area contributed by atoms with Gasteiger partial charge >= 0.3 is 0 Å². The third-order valence-corrected chi connectivity index (χ3v) is 5.26. The van der Waals surface area contributed by atoms with Crippen LogP contribution >= 0.6 is 0 Å². The quantitative estimate of drug-likeness (QED) is 0.944. The lowest BCUT2D eigenvalue weighted by Gasteiger charge is -2.24. The lowest BCUT2D eigenvalue weighted by molar-refractivity contribution is -0.133. The molecule has 3 nitrogen and oxygen atoms in total. The number of carbonyl (C=O) groups excluding carboxylic acids is 1. The first kappa shape index (κ1) is 13.8. The van der Waals surface area contributed by atoms with Crippen molar-refractivity contribution in [3.63, 3.8) is 0 Å². The average molecular weight is 294 g/mol. The molecular weight excluding hydrogens is 272 g/mol. The molecule has 3 atom stereocenters. The van der Waals surface area contributed by atoms with Crippen molar-refractivity contribution in [3.05, 3.63) is 48.0 Å². The number of likely N-dealkylation sites (N-methyl/N-ethyl adjacent to an activating group) is 1. The Morgan fingerprint density at radius 2 is 2.00 bits per heavy atom. The van der Waals surface area contributed by atoms with E-state index in [0.717, 1.165) is 25.9 Å². The molecule has 1 heterocycles. The standard InChI is InChI=1S/C19H22N2O/c1-21(14-9-10-20-12-14)19(22)18-11-17(18)16-8-4-6-13-5-2-3-7-15(13)16/h2-8,14,17-18,20H,9-12H2,1H3. The van der Waals surface area contributed by atoms with Crippen molar-refractivity contribution in [2.45, 2.75) is 24.8 Å². The van der Waals surface area contributed by atoms with Crippen molar-refractivity contribution in [1.29, 1.82) is 0 Å². The number of rotatable bonds is 3. The summed E-state index contributed by atoms with van der Waals surface area (Å²) in [7, 11) is 1.97. The minimum atomic E-state index is 0.177. The van der Waals surface area contributed by atoms with Crippen LogP contribution in [-0.4, -0.2) is 37.0 Å². The highest BCUT2D eigenvalue weighted by Crippen LogP contribution is 2.50. The number of nitrogens with one attached hydrogen (secondary N) is 1. The number of hydrogen-bond donors (Lipinski definition) is 1. The Hall–Kier alpha value is -1.87. The summed E-state index contributed by atoms with van der Waals surface area (Å²) in [5.41, 5.74) is 1.34.